The van der Waals surface area contributed by atoms with Crippen molar-refractivity contribution in [3.05, 3.63) is 59.4 Å². The van der Waals surface area contributed by atoms with Gasteiger partial charge in [-0.05, 0) is 47.9 Å². The summed E-state index contributed by atoms with van der Waals surface area (Å²) in [7, 11) is 0. The maximum atomic E-state index is 12.1. The van der Waals surface area contributed by atoms with Gasteiger partial charge in [-0.1, -0.05) is 0 Å². The number of nitrogens with one attached hydrogen (secondary N) is 2. The molecule has 0 aliphatic carbocycles. The number of Topliss-reactive ketones (excluding diaryl/α,β-unsaturated/α-hetero) is 1. The second-order valence-electron chi connectivity index (χ2n) is 4.93. The molecule has 0 saturated carbocycles. The molecule has 0 radical (unpaired) electrons. The van der Waals surface area contributed by atoms with Crippen molar-refractivity contribution in [2.75, 3.05) is 18.4 Å². The van der Waals surface area contributed by atoms with Crippen LogP contribution in [0.15, 0.2) is 42.7 Å². The largest absolute Gasteiger partial charge is 0.384 e. The topological polar surface area (TPSA) is 54.0 Å². The summed E-state index contributed by atoms with van der Waals surface area (Å²) >= 11 is 0. The lowest BCUT2D eigenvalue weighted by Gasteiger charge is -2.06. The number of benzene rings is 1. The highest BCUT2D eigenvalue weighted by molar-refractivity contribution is 5.98. The first-order valence-corrected chi connectivity index (χ1v) is 6.82. The molecule has 1 aromatic carbocycles. The lowest BCUT2D eigenvalue weighted by molar-refractivity contribution is 0.0990. The fourth-order valence-electron chi connectivity index (χ4n) is 2.40. The molecular formula is C16H17N3O. The molecule has 20 heavy (non-hydrogen) atoms. The fourth-order valence-corrected chi connectivity index (χ4v) is 2.40. The van der Waals surface area contributed by atoms with E-state index in [4.69, 9.17) is 0 Å². The van der Waals surface area contributed by atoms with E-state index in [0.717, 1.165) is 29.8 Å². The highest BCUT2D eigenvalue weighted by atomic mass is 16.1. The van der Waals surface area contributed by atoms with Crippen molar-refractivity contribution in [3.8, 4) is 0 Å². The van der Waals surface area contributed by atoms with Gasteiger partial charge in [0.1, 0.15) is 0 Å². The van der Waals surface area contributed by atoms with Gasteiger partial charge in [-0.25, -0.2) is 0 Å². The van der Waals surface area contributed by atoms with Crippen LogP contribution in [-0.4, -0.2) is 23.9 Å². The lowest BCUT2D eigenvalue weighted by Crippen LogP contribution is -2.22. The van der Waals surface area contributed by atoms with E-state index in [1.807, 2.05) is 30.3 Å². The third-order valence-electron chi connectivity index (χ3n) is 3.50. The summed E-state index contributed by atoms with van der Waals surface area (Å²) in [6.07, 6.45) is 4.51. The molecule has 2 N–H and O–H groups in total. The van der Waals surface area contributed by atoms with Gasteiger partial charge in [-0.15, -0.1) is 0 Å². The van der Waals surface area contributed by atoms with Crippen LogP contribution in [0.5, 0.6) is 0 Å². The van der Waals surface area contributed by atoms with Gasteiger partial charge in [0.2, 0.25) is 0 Å². The van der Waals surface area contributed by atoms with Gasteiger partial charge < -0.3 is 10.6 Å². The summed E-state index contributed by atoms with van der Waals surface area (Å²) < 4.78 is 0. The quantitative estimate of drug-likeness (QED) is 0.814. The van der Waals surface area contributed by atoms with E-state index in [9.17, 15) is 4.79 Å². The third-order valence-corrected chi connectivity index (χ3v) is 3.50. The fraction of sp³-hybridized carbons (Fsp3) is 0.250. The Labute approximate surface area is 118 Å². The number of nitrogens with zero attached hydrogens (tertiary/aromatic N) is 1. The minimum Gasteiger partial charge on any atom is -0.384 e. The lowest BCUT2D eigenvalue weighted by atomic mass is 10.1. The first-order valence-electron chi connectivity index (χ1n) is 6.82. The van der Waals surface area contributed by atoms with Crippen molar-refractivity contribution < 1.29 is 4.79 Å². The summed E-state index contributed by atoms with van der Waals surface area (Å²) in [5.41, 5.74) is 4.32. The Balaban J connectivity index is 1.57. The number of aromatic nitrogens is 1. The second kappa shape index (κ2) is 5.84. The predicted octanol–water partition coefficient (Wildman–Crippen LogP) is 2.02. The van der Waals surface area contributed by atoms with E-state index in [2.05, 4.69) is 15.6 Å². The standard InChI is InChI=1S/C16H17N3O/c20-16(11-18-10-12-3-6-17-7-4-12)14-1-2-15-13(9-14)5-8-19-15/h1-4,6-7,9,18-19H,5,8,10-11H2. The zero-order valence-corrected chi connectivity index (χ0v) is 11.2. The number of hydrogen-bond acceptors (Lipinski definition) is 4. The maximum Gasteiger partial charge on any atom is 0.176 e. The summed E-state index contributed by atoms with van der Waals surface area (Å²) in [5.74, 6) is 0.133. The van der Waals surface area contributed by atoms with Crippen LogP contribution in [0, 0.1) is 0 Å². The third kappa shape index (κ3) is 2.86. The average Bonchev–Trinajstić information content (AvgIpc) is 2.95. The molecule has 0 amide bonds. The van der Waals surface area contributed by atoms with E-state index in [1.165, 1.54) is 5.56 Å². The zero-order chi connectivity index (χ0) is 13.8. The van der Waals surface area contributed by atoms with Crippen LogP contribution in [0.4, 0.5) is 5.69 Å². The van der Waals surface area contributed by atoms with Gasteiger partial charge in [-0.3, -0.25) is 9.78 Å². The van der Waals surface area contributed by atoms with Gasteiger partial charge in [0, 0.05) is 36.7 Å². The molecule has 0 spiro atoms. The molecule has 0 unspecified atom stereocenters. The van der Waals surface area contributed by atoms with Crippen molar-refractivity contribution in [2.45, 2.75) is 13.0 Å². The summed E-state index contributed by atoms with van der Waals surface area (Å²) in [5, 5.41) is 6.47. The van der Waals surface area contributed by atoms with Gasteiger partial charge >= 0.3 is 0 Å². The van der Waals surface area contributed by atoms with Gasteiger partial charge in [0.05, 0.1) is 6.54 Å². The number of pyridine rings is 1. The average molecular weight is 267 g/mol. The first-order chi connectivity index (χ1) is 9.83. The van der Waals surface area contributed by atoms with Crippen LogP contribution in [0.25, 0.3) is 0 Å². The molecule has 0 fully saturated rings. The Hall–Kier alpha value is -2.20. The minimum absolute atomic E-state index is 0.133. The van der Waals surface area contributed by atoms with Crippen LogP contribution in [0.3, 0.4) is 0 Å². The molecular weight excluding hydrogens is 250 g/mol. The van der Waals surface area contributed by atoms with Crippen LogP contribution in [-0.2, 0) is 13.0 Å². The Bertz CT molecular complexity index is 610. The number of hydrogen-bond donors (Lipinski definition) is 2. The molecule has 1 aromatic heterocycles. The minimum atomic E-state index is 0.133. The molecule has 0 saturated heterocycles. The monoisotopic (exact) mass is 267 g/mol. The summed E-state index contributed by atoms with van der Waals surface area (Å²) in [6, 6.07) is 9.79. The van der Waals surface area contributed by atoms with E-state index in [1.54, 1.807) is 12.4 Å². The van der Waals surface area contributed by atoms with Crippen molar-refractivity contribution in [1.29, 1.82) is 0 Å². The Kier molecular flexibility index (Phi) is 3.74. The van der Waals surface area contributed by atoms with Gasteiger partial charge in [-0.2, -0.15) is 0 Å². The smallest absolute Gasteiger partial charge is 0.176 e. The highest BCUT2D eigenvalue weighted by Crippen LogP contribution is 2.23. The van der Waals surface area contributed by atoms with E-state index < -0.39 is 0 Å². The second-order valence-corrected chi connectivity index (χ2v) is 4.93. The molecule has 4 nitrogen and oxygen atoms in total. The maximum absolute atomic E-state index is 12.1. The molecule has 4 heteroatoms. The van der Waals surface area contributed by atoms with Crippen LogP contribution in [0.1, 0.15) is 21.5 Å². The molecule has 1 aliphatic rings. The number of carbonyl (C=O) groups is 1. The van der Waals surface area contributed by atoms with Crippen molar-refractivity contribution in [3.63, 3.8) is 0 Å². The first kappa shape index (κ1) is 12.8. The van der Waals surface area contributed by atoms with E-state index in [0.29, 0.717) is 13.1 Å². The Morgan fingerprint density at radius 3 is 2.95 bits per heavy atom. The van der Waals surface area contributed by atoms with E-state index >= 15 is 0 Å². The SMILES string of the molecule is O=C(CNCc1ccncc1)c1ccc2c(c1)CCN2. The van der Waals surface area contributed by atoms with Crippen molar-refractivity contribution >= 4 is 11.5 Å². The van der Waals surface area contributed by atoms with Crippen molar-refractivity contribution in [2.24, 2.45) is 0 Å². The molecule has 0 bridgehead atoms. The summed E-state index contributed by atoms with van der Waals surface area (Å²) in [4.78, 5) is 16.1. The molecule has 1 aliphatic heterocycles. The number of fused-ring (bicyclic) bond motifs is 1. The Morgan fingerprint density at radius 1 is 1.25 bits per heavy atom. The van der Waals surface area contributed by atoms with Crippen LogP contribution < -0.4 is 10.6 Å². The summed E-state index contributed by atoms with van der Waals surface area (Å²) in [6.45, 7) is 2.00. The van der Waals surface area contributed by atoms with Gasteiger partial charge in [0.15, 0.2) is 5.78 Å². The number of ketones is 1. The number of anilines is 1. The number of carbonyl (C=O) groups excluding carboxylic acids is 1. The molecule has 102 valence electrons. The predicted molar refractivity (Wildman–Crippen MR) is 78.9 cm³/mol. The van der Waals surface area contributed by atoms with Crippen LogP contribution in [0.2, 0.25) is 0 Å². The molecule has 2 aromatic rings. The zero-order valence-electron chi connectivity index (χ0n) is 11.2. The van der Waals surface area contributed by atoms with Gasteiger partial charge in [0.25, 0.3) is 0 Å². The molecule has 2 heterocycles. The Morgan fingerprint density at radius 2 is 2.10 bits per heavy atom. The highest BCUT2D eigenvalue weighted by Gasteiger charge is 2.13. The normalized spacial score (nSPS) is 12.8. The van der Waals surface area contributed by atoms with E-state index in [-0.39, 0.29) is 5.78 Å². The number of rotatable bonds is 5. The van der Waals surface area contributed by atoms with Crippen molar-refractivity contribution in [1.82, 2.24) is 10.3 Å². The molecule has 0 atom stereocenters. The molecule has 3 rings (SSSR count). The van der Waals surface area contributed by atoms with Crippen LogP contribution >= 0.6 is 0 Å².